The van der Waals surface area contributed by atoms with Crippen LogP contribution in [-0.4, -0.2) is 10.9 Å². The highest BCUT2D eigenvalue weighted by Crippen LogP contribution is 2.32. The number of rotatable bonds is 3. The van der Waals surface area contributed by atoms with Crippen molar-refractivity contribution >= 4 is 46.7 Å². The van der Waals surface area contributed by atoms with Crippen LogP contribution in [0.5, 0.6) is 5.75 Å². The largest absolute Gasteiger partial charge is 0.506 e. The van der Waals surface area contributed by atoms with Crippen LogP contribution in [0.1, 0.15) is 15.9 Å². The molecule has 1 N–H and O–H groups in total. The Morgan fingerprint density at radius 1 is 1.05 bits per heavy atom. The van der Waals surface area contributed by atoms with Crippen LogP contribution >= 0.6 is 34.8 Å². The summed E-state index contributed by atoms with van der Waals surface area (Å²) in [6.07, 6.45) is 2.75. The lowest BCUT2D eigenvalue weighted by Gasteiger charge is -2.03. The summed E-state index contributed by atoms with van der Waals surface area (Å²) >= 11 is 17.6. The van der Waals surface area contributed by atoms with Gasteiger partial charge in [0.15, 0.2) is 5.78 Å². The van der Waals surface area contributed by atoms with Gasteiger partial charge >= 0.3 is 0 Å². The Balaban J connectivity index is 2.31. The van der Waals surface area contributed by atoms with Gasteiger partial charge in [-0.2, -0.15) is 0 Å². The Bertz CT molecular complexity index is 694. The molecule has 2 aromatic carbocycles. The van der Waals surface area contributed by atoms with Crippen molar-refractivity contribution in [3.8, 4) is 5.75 Å². The van der Waals surface area contributed by atoms with Crippen LogP contribution in [0.4, 0.5) is 0 Å². The maximum absolute atomic E-state index is 12.0. The van der Waals surface area contributed by atoms with Crippen LogP contribution in [0.25, 0.3) is 6.08 Å². The highest BCUT2D eigenvalue weighted by Gasteiger charge is 2.08. The van der Waals surface area contributed by atoms with Crippen LogP contribution < -0.4 is 0 Å². The van der Waals surface area contributed by atoms with E-state index in [1.807, 2.05) is 0 Å². The summed E-state index contributed by atoms with van der Waals surface area (Å²) in [4.78, 5) is 12.0. The van der Waals surface area contributed by atoms with E-state index in [4.69, 9.17) is 34.8 Å². The zero-order valence-electron chi connectivity index (χ0n) is 10.1. The Kier molecular flexibility index (Phi) is 4.71. The maximum Gasteiger partial charge on any atom is 0.187 e. The van der Waals surface area contributed by atoms with E-state index in [-0.39, 0.29) is 16.6 Å². The molecule has 0 aliphatic carbocycles. The van der Waals surface area contributed by atoms with Gasteiger partial charge in [0.2, 0.25) is 0 Å². The molecule has 0 aromatic heterocycles. The van der Waals surface area contributed by atoms with Crippen molar-refractivity contribution in [2.45, 2.75) is 0 Å². The number of allylic oxidation sites excluding steroid dienone is 1. The number of hydrogen-bond donors (Lipinski definition) is 1. The predicted octanol–water partition coefficient (Wildman–Crippen LogP) is 5.25. The monoisotopic (exact) mass is 326 g/mol. The van der Waals surface area contributed by atoms with Crippen molar-refractivity contribution < 1.29 is 9.90 Å². The summed E-state index contributed by atoms with van der Waals surface area (Å²) in [5, 5.41) is 10.7. The number of benzene rings is 2. The van der Waals surface area contributed by atoms with Gasteiger partial charge in [0.25, 0.3) is 0 Å². The van der Waals surface area contributed by atoms with Gasteiger partial charge in [0.1, 0.15) is 5.75 Å². The first-order valence-corrected chi connectivity index (χ1v) is 6.77. The molecular formula is C15H9Cl3O2. The number of carbonyl (C=O) groups excluding carboxylic acids is 1. The second-order valence-corrected chi connectivity index (χ2v) is 5.25. The van der Waals surface area contributed by atoms with Gasteiger partial charge in [-0.15, -0.1) is 0 Å². The molecule has 0 spiro atoms. The number of halogens is 3. The second-order valence-electron chi connectivity index (χ2n) is 4.00. The van der Waals surface area contributed by atoms with Gasteiger partial charge in [-0.05, 0) is 36.4 Å². The quantitative estimate of drug-likeness (QED) is 0.617. The van der Waals surface area contributed by atoms with E-state index in [1.165, 1.54) is 24.3 Å². The van der Waals surface area contributed by atoms with E-state index in [9.17, 15) is 9.90 Å². The summed E-state index contributed by atoms with van der Waals surface area (Å²) in [5.74, 6) is -0.398. The van der Waals surface area contributed by atoms with Gasteiger partial charge < -0.3 is 5.11 Å². The zero-order valence-corrected chi connectivity index (χ0v) is 12.4. The summed E-state index contributed by atoms with van der Waals surface area (Å²) in [7, 11) is 0. The van der Waals surface area contributed by atoms with Crippen molar-refractivity contribution in [2.24, 2.45) is 0 Å². The molecule has 5 heteroatoms. The molecular weight excluding hydrogens is 319 g/mol. The Labute approximate surface area is 131 Å². The first kappa shape index (κ1) is 14.9. The van der Waals surface area contributed by atoms with Crippen LogP contribution in [0.2, 0.25) is 15.1 Å². The van der Waals surface area contributed by atoms with Crippen molar-refractivity contribution in [1.29, 1.82) is 0 Å². The SMILES string of the molecule is O=C(C=Cc1cc(Cl)cc(Cl)c1O)c1ccccc1Cl. The van der Waals surface area contributed by atoms with E-state index in [0.29, 0.717) is 21.2 Å². The van der Waals surface area contributed by atoms with Crippen molar-refractivity contribution in [2.75, 3.05) is 0 Å². The lowest BCUT2D eigenvalue weighted by molar-refractivity contribution is 0.104. The lowest BCUT2D eigenvalue weighted by Crippen LogP contribution is -1.94. The van der Waals surface area contributed by atoms with Gasteiger partial charge in [-0.3, -0.25) is 4.79 Å². The predicted molar refractivity (Wildman–Crippen MR) is 82.9 cm³/mol. The van der Waals surface area contributed by atoms with E-state index < -0.39 is 0 Å². The Morgan fingerprint density at radius 2 is 1.75 bits per heavy atom. The third-order valence-electron chi connectivity index (χ3n) is 2.61. The van der Waals surface area contributed by atoms with Gasteiger partial charge in [-0.1, -0.05) is 46.9 Å². The highest BCUT2D eigenvalue weighted by molar-refractivity contribution is 6.36. The molecule has 0 saturated carbocycles. The van der Waals surface area contributed by atoms with Crippen LogP contribution in [-0.2, 0) is 0 Å². The molecule has 0 saturated heterocycles. The van der Waals surface area contributed by atoms with Crippen LogP contribution in [0.3, 0.4) is 0 Å². The average molecular weight is 328 g/mol. The number of ketones is 1. The minimum atomic E-state index is -0.272. The Morgan fingerprint density at radius 3 is 2.45 bits per heavy atom. The zero-order chi connectivity index (χ0) is 14.7. The summed E-state index contributed by atoms with van der Waals surface area (Å²) in [5.41, 5.74) is 0.751. The molecule has 0 heterocycles. The van der Waals surface area contributed by atoms with E-state index in [2.05, 4.69) is 0 Å². The fraction of sp³-hybridized carbons (Fsp3) is 0. The molecule has 0 fully saturated rings. The number of hydrogen-bond acceptors (Lipinski definition) is 2. The molecule has 102 valence electrons. The van der Waals surface area contributed by atoms with Gasteiger partial charge in [-0.25, -0.2) is 0 Å². The molecule has 0 amide bonds. The third-order valence-corrected chi connectivity index (χ3v) is 3.45. The molecule has 0 radical (unpaired) electrons. The topological polar surface area (TPSA) is 37.3 Å². The lowest BCUT2D eigenvalue weighted by atomic mass is 10.1. The van der Waals surface area contributed by atoms with E-state index in [0.717, 1.165) is 0 Å². The first-order valence-electron chi connectivity index (χ1n) is 5.64. The van der Waals surface area contributed by atoms with Crippen molar-refractivity contribution in [3.05, 3.63) is 68.7 Å². The molecule has 0 aliphatic heterocycles. The fourth-order valence-electron chi connectivity index (χ4n) is 1.63. The number of aromatic hydroxyl groups is 1. The molecule has 0 aliphatic rings. The second kappa shape index (κ2) is 6.31. The molecule has 2 rings (SSSR count). The minimum Gasteiger partial charge on any atom is -0.506 e. The molecule has 0 bridgehead atoms. The average Bonchev–Trinajstić information content (AvgIpc) is 2.41. The minimum absolute atomic E-state index is 0.126. The molecule has 2 aromatic rings. The molecule has 2 nitrogen and oxygen atoms in total. The van der Waals surface area contributed by atoms with Crippen LogP contribution in [0, 0.1) is 0 Å². The Hall–Kier alpha value is -1.48. The normalized spacial score (nSPS) is 10.9. The van der Waals surface area contributed by atoms with Gasteiger partial charge in [0, 0.05) is 16.1 Å². The maximum atomic E-state index is 12.0. The van der Waals surface area contributed by atoms with E-state index >= 15 is 0 Å². The van der Waals surface area contributed by atoms with Gasteiger partial charge in [0.05, 0.1) is 10.0 Å². The number of phenols is 1. The molecule has 0 unspecified atom stereocenters. The standard InChI is InChI=1S/C15H9Cl3O2/c16-10-7-9(15(20)13(18)8-10)5-6-14(19)11-3-1-2-4-12(11)17/h1-8,20H. The number of phenolic OH excluding ortho intramolecular Hbond substituents is 1. The molecule has 20 heavy (non-hydrogen) atoms. The van der Waals surface area contributed by atoms with Crippen LogP contribution in [0.15, 0.2) is 42.5 Å². The van der Waals surface area contributed by atoms with Crippen molar-refractivity contribution in [1.82, 2.24) is 0 Å². The van der Waals surface area contributed by atoms with Crippen molar-refractivity contribution in [3.63, 3.8) is 0 Å². The first-order chi connectivity index (χ1) is 9.49. The number of carbonyl (C=O) groups is 1. The van der Waals surface area contributed by atoms with E-state index in [1.54, 1.807) is 24.3 Å². The summed E-state index contributed by atoms with van der Waals surface area (Å²) in [6, 6.07) is 9.66. The smallest absolute Gasteiger partial charge is 0.187 e. The highest BCUT2D eigenvalue weighted by atomic mass is 35.5. The fourth-order valence-corrected chi connectivity index (χ4v) is 2.37. The molecule has 0 atom stereocenters. The third kappa shape index (κ3) is 3.34. The summed E-state index contributed by atoms with van der Waals surface area (Å²) in [6.45, 7) is 0. The summed E-state index contributed by atoms with van der Waals surface area (Å²) < 4.78 is 0.